The van der Waals surface area contributed by atoms with Crippen molar-refractivity contribution < 1.29 is 13.2 Å². The van der Waals surface area contributed by atoms with Crippen LogP contribution in [0.2, 0.25) is 0 Å². The summed E-state index contributed by atoms with van der Waals surface area (Å²) < 4.78 is 24.2. The number of ketones is 1. The van der Waals surface area contributed by atoms with Crippen LogP contribution in [0.15, 0.2) is 27.6 Å². The van der Waals surface area contributed by atoms with Gasteiger partial charge in [-0.3, -0.25) is 4.79 Å². The zero-order valence-corrected chi connectivity index (χ0v) is 10.4. The number of Topliss-reactive ketones (excluding diaryl/α,β-unsaturated/α-hetero) is 1. The number of carbonyl (C=O) groups excluding carboxylic acids is 1. The summed E-state index contributed by atoms with van der Waals surface area (Å²) in [4.78, 5) is 11.6. The van der Waals surface area contributed by atoms with Crippen molar-refractivity contribution in [2.45, 2.75) is 17.7 Å². The van der Waals surface area contributed by atoms with E-state index in [2.05, 4.69) is 15.9 Å². The van der Waals surface area contributed by atoms with Crippen LogP contribution in [-0.4, -0.2) is 20.0 Å². The van der Waals surface area contributed by atoms with E-state index in [-0.39, 0.29) is 11.5 Å². The average molecular weight is 289 g/mol. The number of halogens is 1. The lowest BCUT2D eigenvalue weighted by Gasteiger charge is -2.04. The second kappa shape index (κ2) is 3.42. The number of rotatable bonds is 1. The Morgan fingerprint density at radius 3 is 2.73 bits per heavy atom. The molecular formula is C10H9BrO3S. The van der Waals surface area contributed by atoms with E-state index < -0.39 is 15.8 Å². The first-order valence-corrected chi connectivity index (χ1v) is 6.89. The summed E-state index contributed by atoms with van der Waals surface area (Å²) in [5.41, 5.74) is 0.622. The molecule has 0 N–H and O–H groups in total. The van der Waals surface area contributed by atoms with Crippen LogP contribution in [0.5, 0.6) is 0 Å². The molecular weight excluding hydrogens is 280 g/mol. The van der Waals surface area contributed by atoms with Crippen molar-refractivity contribution >= 4 is 31.6 Å². The maximum Gasteiger partial charge on any atom is 0.179 e. The van der Waals surface area contributed by atoms with Gasteiger partial charge in [-0.05, 0) is 30.7 Å². The molecule has 5 heteroatoms. The molecule has 0 saturated heterocycles. The first-order chi connectivity index (χ1) is 6.92. The molecule has 1 unspecified atom stereocenters. The normalized spacial score (nSPS) is 22.4. The Morgan fingerprint density at radius 1 is 1.47 bits per heavy atom. The third kappa shape index (κ3) is 1.74. The lowest BCUT2D eigenvalue weighted by molar-refractivity contribution is -0.117. The molecule has 0 amide bonds. The Bertz CT molecular complexity index is 534. The van der Waals surface area contributed by atoms with Crippen LogP contribution >= 0.6 is 15.9 Å². The summed E-state index contributed by atoms with van der Waals surface area (Å²) in [6, 6.07) is 4.95. The highest BCUT2D eigenvalue weighted by atomic mass is 79.9. The summed E-state index contributed by atoms with van der Waals surface area (Å²) in [7, 11) is -3.26. The molecule has 15 heavy (non-hydrogen) atoms. The molecule has 1 aromatic carbocycles. The highest BCUT2D eigenvalue weighted by Gasteiger charge is 2.37. The Morgan fingerprint density at radius 2 is 2.13 bits per heavy atom. The number of hydrogen-bond acceptors (Lipinski definition) is 3. The number of benzene rings is 1. The minimum Gasteiger partial charge on any atom is -0.299 e. The maximum atomic E-state index is 11.7. The second-order valence-electron chi connectivity index (χ2n) is 3.63. The number of sulfone groups is 1. The van der Waals surface area contributed by atoms with Crippen LogP contribution in [0.25, 0.3) is 0 Å². The van der Waals surface area contributed by atoms with Crippen LogP contribution in [0, 0.1) is 0 Å². The van der Waals surface area contributed by atoms with Crippen LogP contribution in [-0.2, 0) is 14.6 Å². The van der Waals surface area contributed by atoms with Gasteiger partial charge >= 0.3 is 0 Å². The third-order valence-electron chi connectivity index (χ3n) is 2.56. The predicted molar refractivity (Wildman–Crippen MR) is 59.6 cm³/mol. The minimum atomic E-state index is -3.26. The molecule has 0 aromatic heterocycles. The molecule has 0 radical (unpaired) electrons. The lowest BCUT2D eigenvalue weighted by Crippen LogP contribution is -2.10. The molecule has 80 valence electrons. The van der Waals surface area contributed by atoms with E-state index in [1.54, 1.807) is 18.2 Å². The zero-order valence-electron chi connectivity index (χ0n) is 8.03. The molecule has 0 bridgehead atoms. The molecule has 0 saturated carbocycles. The van der Waals surface area contributed by atoms with Crippen LogP contribution in [0.3, 0.4) is 0 Å². The topological polar surface area (TPSA) is 51.2 Å². The van der Waals surface area contributed by atoms with Crippen molar-refractivity contribution in [1.82, 2.24) is 0 Å². The van der Waals surface area contributed by atoms with E-state index in [1.165, 1.54) is 6.92 Å². The number of carbonyl (C=O) groups is 1. The van der Waals surface area contributed by atoms with Gasteiger partial charge in [-0.1, -0.05) is 15.9 Å². The van der Waals surface area contributed by atoms with Crippen molar-refractivity contribution in [3.05, 3.63) is 28.2 Å². The minimum absolute atomic E-state index is 0.0892. The smallest absolute Gasteiger partial charge is 0.179 e. The maximum absolute atomic E-state index is 11.7. The Labute approximate surface area is 96.5 Å². The molecule has 1 aliphatic rings. The van der Waals surface area contributed by atoms with Gasteiger partial charge in [0.05, 0.1) is 16.6 Å². The largest absolute Gasteiger partial charge is 0.299 e. The summed E-state index contributed by atoms with van der Waals surface area (Å²) in [6.07, 6.45) is 0. The SMILES string of the molecule is CC(=O)C1CS(=O)(=O)c2ccc(Br)cc21. The van der Waals surface area contributed by atoms with Crippen LogP contribution < -0.4 is 0 Å². The van der Waals surface area contributed by atoms with Crippen LogP contribution in [0.1, 0.15) is 18.4 Å². The van der Waals surface area contributed by atoms with Gasteiger partial charge in [0.15, 0.2) is 9.84 Å². The van der Waals surface area contributed by atoms with Crippen molar-refractivity contribution in [3.63, 3.8) is 0 Å². The molecule has 1 aromatic rings. The Kier molecular flexibility index (Phi) is 2.47. The fourth-order valence-corrected chi connectivity index (χ4v) is 4.06. The van der Waals surface area contributed by atoms with E-state index >= 15 is 0 Å². The first-order valence-electron chi connectivity index (χ1n) is 4.44. The van der Waals surface area contributed by atoms with Gasteiger partial charge in [0.1, 0.15) is 5.78 Å². The summed E-state index contributed by atoms with van der Waals surface area (Å²) in [5.74, 6) is -0.688. The van der Waals surface area contributed by atoms with Gasteiger partial charge in [-0.25, -0.2) is 8.42 Å². The van der Waals surface area contributed by atoms with Crippen molar-refractivity contribution in [3.8, 4) is 0 Å². The molecule has 0 aliphatic carbocycles. The fraction of sp³-hybridized carbons (Fsp3) is 0.300. The lowest BCUT2D eigenvalue weighted by atomic mass is 9.98. The van der Waals surface area contributed by atoms with Crippen molar-refractivity contribution in [2.75, 3.05) is 5.75 Å². The molecule has 2 rings (SSSR count). The zero-order chi connectivity index (χ0) is 11.2. The van der Waals surface area contributed by atoms with Gasteiger partial charge in [-0.15, -0.1) is 0 Å². The fourth-order valence-electron chi connectivity index (χ4n) is 1.81. The molecule has 1 atom stereocenters. The van der Waals surface area contributed by atoms with E-state index in [0.29, 0.717) is 10.5 Å². The summed E-state index contributed by atoms with van der Waals surface area (Å²) >= 11 is 3.27. The summed E-state index contributed by atoms with van der Waals surface area (Å²) in [6.45, 7) is 1.43. The number of fused-ring (bicyclic) bond motifs is 1. The quantitative estimate of drug-likeness (QED) is 0.793. The average Bonchev–Trinajstić information content (AvgIpc) is 2.38. The van der Waals surface area contributed by atoms with E-state index in [9.17, 15) is 13.2 Å². The molecule has 1 aliphatic heterocycles. The highest BCUT2D eigenvalue weighted by Crippen LogP contribution is 2.36. The van der Waals surface area contributed by atoms with Gasteiger partial charge < -0.3 is 0 Å². The van der Waals surface area contributed by atoms with E-state index in [4.69, 9.17) is 0 Å². The molecule has 0 fully saturated rings. The molecule has 0 spiro atoms. The highest BCUT2D eigenvalue weighted by molar-refractivity contribution is 9.10. The Balaban J connectivity index is 2.69. The molecule has 1 heterocycles. The second-order valence-corrected chi connectivity index (χ2v) is 6.55. The summed E-state index contributed by atoms with van der Waals surface area (Å²) in [5, 5.41) is 0. The van der Waals surface area contributed by atoms with Crippen molar-refractivity contribution in [1.29, 1.82) is 0 Å². The third-order valence-corrected chi connectivity index (χ3v) is 4.87. The Hall–Kier alpha value is -0.680. The number of hydrogen-bond donors (Lipinski definition) is 0. The van der Waals surface area contributed by atoms with Gasteiger partial charge in [0, 0.05) is 4.47 Å². The molecule has 3 nitrogen and oxygen atoms in total. The van der Waals surface area contributed by atoms with Gasteiger partial charge in [0.25, 0.3) is 0 Å². The van der Waals surface area contributed by atoms with Crippen molar-refractivity contribution in [2.24, 2.45) is 0 Å². The van der Waals surface area contributed by atoms with Gasteiger partial charge in [0.2, 0.25) is 0 Å². The predicted octanol–water partition coefficient (Wildman–Crippen LogP) is 1.91. The van der Waals surface area contributed by atoms with Crippen LogP contribution in [0.4, 0.5) is 0 Å². The standard InChI is InChI=1S/C10H9BrO3S/c1-6(12)9-5-15(13,14)10-3-2-7(11)4-8(9)10/h2-4,9H,5H2,1H3. The van der Waals surface area contributed by atoms with E-state index in [0.717, 1.165) is 4.47 Å². The van der Waals surface area contributed by atoms with E-state index in [1.807, 2.05) is 0 Å². The first kappa shape index (κ1) is 10.8. The van der Waals surface area contributed by atoms with Gasteiger partial charge in [-0.2, -0.15) is 0 Å². The monoisotopic (exact) mass is 288 g/mol.